The first-order valence-electron chi connectivity index (χ1n) is 2.35. The predicted molar refractivity (Wildman–Crippen MR) is 36.4 cm³/mol. The normalized spacial score (nSPS) is 8.67. The van der Waals surface area contributed by atoms with Crippen molar-refractivity contribution in [3.8, 4) is 0 Å². The summed E-state index contributed by atoms with van der Waals surface area (Å²) in [6, 6.07) is 0. The van der Waals surface area contributed by atoms with Gasteiger partial charge in [0.05, 0.1) is 17.3 Å². The van der Waals surface area contributed by atoms with Crippen LogP contribution < -0.4 is 0 Å². The third kappa shape index (κ3) is 2.09. The summed E-state index contributed by atoms with van der Waals surface area (Å²) in [6.45, 7) is 1.98. The molecule has 1 aromatic rings. The first kappa shape index (κ1) is 8.55. The zero-order chi connectivity index (χ0) is 5.98. The molecule has 3 nitrogen and oxygen atoms in total. The Bertz CT molecular complexity index is 175. The van der Waals surface area contributed by atoms with Crippen molar-refractivity contribution in [2.75, 3.05) is 0 Å². The molecule has 0 aromatic carbocycles. The molecule has 0 aliphatic rings. The van der Waals surface area contributed by atoms with Gasteiger partial charge < -0.3 is 10.6 Å². The maximum atomic E-state index is 8.50. The van der Waals surface area contributed by atoms with Crippen LogP contribution in [0.2, 0.25) is 0 Å². The number of rotatable bonds is 1. The van der Waals surface area contributed by atoms with Gasteiger partial charge in [0.15, 0.2) is 0 Å². The van der Waals surface area contributed by atoms with Crippen molar-refractivity contribution in [3.63, 3.8) is 0 Å². The van der Waals surface area contributed by atoms with Gasteiger partial charge in [-0.05, 0) is 6.92 Å². The first-order valence-corrected chi connectivity index (χ1v) is 3.23. The molecule has 4 heteroatoms. The summed E-state index contributed by atoms with van der Waals surface area (Å²) in [5, 5.41) is 11.4. The van der Waals surface area contributed by atoms with Crippen LogP contribution >= 0.6 is 11.3 Å². The third-order valence-corrected chi connectivity index (χ3v) is 1.65. The van der Waals surface area contributed by atoms with Gasteiger partial charge >= 0.3 is 0 Å². The molecule has 0 amide bonds. The lowest BCUT2D eigenvalue weighted by atomic mass is 10.5. The van der Waals surface area contributed by atoms with Gasteiger partial charge in [0.2, 0.25) is 0 Å². The van der Waals surface area contributed by atoms with E-state index in [-0.39, 0.29) is 12.1 Å². The lowest BCUT2D eigenvalue weighted by Gasteiger charge is -1.79. The Balaban J connectivity index is 0.000000640. The molecule has 1 aromatic heterocycles. The summed E-state index contributed by atoms with van der Waals surface area (Å²) < 4.78 is 0. The van der Waals surface area contributed by atoms with Crippen molar-refractivity contribution in [3.05, 3.63) is 16.1 Å². The largest absolute Gasteiger partial charge is 0.412 e. The maximum absolute atomic E-state index is 8.50. The quantitative estimate of drug-likeness (QED) is 0.613. The van der Waals surface area contributed by atoms with Gasteiger partial charge in [-0.15, -0.1) is 11.3 Å². The Morgan fingerprint density at radius 2 is 2.44 bits per heavy atom. The van der Waals surface area contributed by atoms with Gasteiger partial charge in [-0.1, -0.05) is 0 Å². The van der Waals surface area contributed by atoms with Crippen LogP contribution in [0.4, 0.5) is 0 Å². The molecule has 0 radical (unpaired) electrons. The van der Waals surface area contributed by atoms with Gasteiger partial charge in [0.25, 0.3) is 0 Å². The summed E-state index contributed by atoms with van der Waals surface area (Å²) >= 11 is 1.56. The molecular formula is C5H9NO2S. The highest BCUT2D eigenvalue weighted by molar-refractivity contribution is 7.09. The van der Waals surface area contributed by atoms with Crippen LogP contribution in [0.3, 0.4) is 0 Å². The Morgan fingerprint density at radius 3 is 2.67 bits per heavy atom. The van der Waals surface area contributed by atoms with E-state index in [1.54, 1.807) is 11.3 Å². The Kier molecular flexibility index (Phi) is 3.37. The van der Waals surface area contributed by atoms with Gasteiger partial charge in [0, 0.05) is 5.38 Å². The molecule has 52 valence electrons. The number of aliphatic hydroxyl groups is 1. The number of aliphatic hydroxyl groups excluding tert-OH is 1. The van der Waals surface area contributed by atoms with E-state index < -0.39 is 0 Å². The van der Waals surface area contributed by atoms with E-state index in [0.29, 0.717) is 0 Å². The highest BCUT2D eigenvalue weighted by Crippen LogP contribution is 2.06. The summed E-state index contributed by atoms with van der Waals surface area (Å²) in [6.07, 6.45) is 0. The Morgan fingerprint density at radius 1 is 1.78 bits per heavy atom. The predicted octanol–water partition coefficient (Wildman–Crippen LogP) is 0.119. The molecule has 0 unspecified atom stereocenters. The van der Waals surface area contributed by atoms with Crippen molar-refractivity contribution in [2.45, 2.75) is 13.5 Å². The molecular weight excluding hydrogens is 138 g/mol. The molecule has 0 spiro atoms. The fourth-order valence-corrected chi connectivity index (χ4v) is 1.08. The lowest BCUT2D eigenvalue weighted by molar-refractivity contribution is 0.277. The van der Waals surface area contributed by atoms with E-state index in [2.05, 4.69) is 4.98 Å². The molecule has 3 N–H and O–H groups in total. The van der Waals surface area contributed by atoms with E-state index in [4.69, 9.17) is 5.11 Å². The number of nitrogens with zero attached hydrogens (tertiary/aromatic N) is 1. The van der Waals surface area contributed by atoms with Crippen molar-refractivity contribution in [1.82, 2.24) is 4.98 Å². The second kappa shape index (κ2) is 3.55. The molecule has 1 rings (SSSR count). The van der Waals surface area contributed by atoms with E-state index in [1.807, 2.05) is 12.3 Å². The molecule has 0 aliphatic heterocycles. The highest BCUT2D eigenvalue weighted by atomic mass is 32.1. The highest BCUT2D eigenvalue weighted by Gasteiger charge is 1.92. The number of thiazole rings is 1. The van der Waals surface area contributed by atoms with Crippen LogP contribution in [0, 0.1) is 6.92 Å². The van der Waals surface area contributed by atoms with Crippen LogP contribution in [0.1, 0.15) is 10.7 Å². The van der Waals surface area contributed by atoms with E-state index in [9.17, 15) is 0 Å². The van der Waals surface area contributed by atoms with Crippen molar-refractivity contribution < 1.29 is 10.6 Å². The molecule has 1 heterocycles. The summed E-state index contributed by atoms with van der Waals surface area (Å²) in [5.41, 5.74) is 0.771. The number of hydrogen-bond acceptors (Lipinski definition) is 3. The minimum absolute atomic E-state index is 0. The van der Waals surface area contributed by atoms with Crippen LogP contribution in [0.15, 0.2) is 5.38 Å². The second-order valence-corrected chi connectivity index (χ2v) is 2.58. The third-order valence-electron chi connectivity index (χ3n) is 0.829. The van der Waals surface area contributed by atoms with Crippen molar-refractivity contribution >= 4 is 11.3 Å². The number of aryl methyl sites for hydroxylation is 1. The van der Waals surface area contributed by atoms with E-state index in [1.165, 1.54) is 0 Å². The van der Waals surface area contributed by atoms with Gasteiger partial charge in [-0.3, -0.25) is 0 Å². The molecule has 0 fully saturated rings. The standard InChI is InChI=1S/C5H7NOS.H2O/c1-4-6-5(2-7)3-8-4;/h3,7H,2H2,1H3;1H2. The maximum Gasteiger partial charge on any atom is 0.0898 e. The zero-order valence-electron chi connectivity index (χ0n) is 5.09. The first-order chi connectivity index (χ1) is 3.83. The van der Waals surface area contributed by atoms with Crippen molar-refractivity contribution in [1.29, 1.82) is 0 Å². The van der Waals surface area contributed by atoms with Crippen LogP contribution in [0.5, 0.6) is 0 Å². The average molecular weight is 147 g/mol. The fourth-order valence-electron chi connectivity index (χ4n) is 0.481. The van der Waals surface area contributed by atoms with Gasteiger partial charge in [-0.25, -0.2) is 4.98 Å². The van der Waals surface area contributed by atoms with Gasteiger partial charge in [0.1, 0.15) is 0 Å². The zero-order valence-corrected chi connectivity index (χ0v) is 5.90. The van der Waals surface area contributed by atoms with Crippen LogP contribution in [-0.2, 0) is 6.61 Å². The number of aromatic nitrogens is 1. The number of hydrogen-bond donors (Lipinski definition) is 1. The van der Waals surface area contributed by atoms with Crippen molar-refractivity contribution in [2.24, 2.45) is 0 Å². The minimum Gasteiger partial charge on any atom is -0.412 e. The van der Waals surface area contributed by atoms with Gasteiger partial charge in [-0.2, -0.15) is 0 Å². The van der Waals surface area contributed by atoms with E-state index >= 15 is 0 Å². The monoisotopic (exact) mass is 147 g/mol. The smallest absolute Gasteiger partial charge is 0.0898 e. The fraction of sp³-hybridized carbons (Fsp3) is 0.400. The Hall–Kier alpha value is -0.450. The van der Waals surface area contributed by atoms with Crippen LogP contribution in [0.25, 0.3) is 0 Å². The molecule has 0 atom stereocenters. The SMILES string of the molecule is Cc1nc(CO)cs1.O. The van der Waals surface area contributed by atoms with E-state index in [0.717, 1.165) is 10.7 Å². The molecule has 0 bridgehead atoms. The minimum atomic E-state index is 0. The van der Waals surface area contributed by atoms with Crippen LogP contribution in [-0.4, -0.2) is 15.6 Å². The topological polar surface area (TPSA) is 64.6 Å². The molecule has 0 aliphatic carbocycles. The average Bonchev–Trinajstić information content (AvgIpc) is 2.14. The summed E-state index contributed by atoms with van der Waals surface area (Å²) in [4.78, 5) is 4.00. The summed E-state index contributed by atoms with van der Waals surface area (Å²) in [5.74, 6) is 0. The Labute approximate surface area is 57.3 Å². The summed E-state index contributed by atoms with van der Waals surface area (Å²) in [7, 11) is 0. The second-order valence-electron chi connectivity index (χ2n) is 1.52. The molecule has 9 heavy (non-hydrogen) atoms. The molecule has 0 saturated heterocycles. The molecule has 0 saturated carbocycles. The lowest BCUT2D eigenvalue weighted by Crippen LogP contribution is -1.80.